The number of carbonyl (C=O) groups is 2. The summed E-state index contributed by atoms with van der Waals surface area (Å²) in [6.45, 7) is 0. The Morgan fingerprint density at radius 2 is 2.00 bits per heavy atom. The molecule has 1 aromatic rings. The summed E-state index contributed by atoms with van der Waals surface area (Å²) in [6, 6.07) is 4.15. The molecule has 0 aliphatic carbocycles. The summed E-state index contributed by atoms with van der Waals surface area (Å²) < 4.78 is 11.1. The number of nitrogens with two attached hydrogens (primary N) is 1. The van der Waals surface area contributed by atoms with E-state index in [9.17, 15) is 14.2 Å². The molecule has 0 bridgehead atoms. The lowest BCUT2D eigenvalue weighted by atomic mass is 10.1. The van der Waals surface area contributed by atoms with E-state index in [-0.39, 0.29) is 23.8 Å². The first kappa shape index (κ1) is 16.3. The number of hydrogen-bond donors (Lipinski definition) is 5. The van der Waals surface area contributed by atoms with E-state index in [4.69, 9.17) is 20.6 Å². The number of nitrogens with one attached hydrogen (secondary N) is 1. The summed E-state index contributed by atoms with van der Waals surface area (Å²) in [6.07, 6.45) is -0.132. The molecular formula is C11H15N2O6P. The summed E-state index contributed by atoms with van der Waals surface area (Å²) in [4.78, 5) is 40.0. The molecule has 0 unspecified atom stereocenters. The second-order valence-electron chi connectivity index (χ2n) is 4.13. The minimum Gasteiger partial charge on any atom is -0.480 e. The lowest BCUT2D eigenvalue weighted by Crippen LogP contribution is -2.31. The van der Waals surface area contributed by atoms with Gasteiger partial charge in [0.1, 0.15) is 6.04 Å². The highest BCUT2D eigenvalue weighted by Crippen LogP contribution is 2.33. The second-order valence-corrected chi connectivity index (χ2v) is 5.73. The monoisotopic (exact) mass is 302 g/mol. The first-order valence-electron chi connectivity index (χ1n) is 5.64. The maximum Gasteiger partial charge on any atom is 0.356 e. The Kier molecular flexibility index (Phi) is 5.41. The van der Waals surface area contributed by atoms with E-state index in [1.165, 1.54) is 18.2 Å². The average Bonchev–Trinajstić information content (AvgIpc) is 2.35. The third kappa shape index (κ3) is 5.10. The van der Waals surface area contributed by atoms with Gasteiger partial charge in [0.25, 0.3) is 0 Å². The molecule has 0 aromatic heterocycles. The van der Waals surface area contributed by atoms with Crippen molar-refractivity contribution in [1.29, 1.82) is 0 Å². The summed E-state index contributed by atoms with van der Waals surface area (Å²) >= 11 is 0. The van der Waals surface area contributed by atoms with Gasteiger partial charge in [0.15, 0.2) is 0 Å². The van der Waals surface area contributed by atoms with Crippen LogP contribution < -0.4 is 16.4 Å². The standard InChI is InChI=1S/C11H15N2O6P/c12-9(11(15)16)4-5-10(14)13-7-2-1-3-8(6-7)20(17,18)19/h1-3,6,9H,4-5,12H2,(H,13,14)(H,15,16)(H2,17,18,19)/t9-/m0/s1. The predicted octanol–water partition coefficient (Wildman–Crippen LogP) is -0.380. The van der Waals surface area contributed by atoms with E-state index < -0.39 is 25.5 Å². The first-order valence-corrected chi connectivity index (χ1v) is 7.26. The van der Waals surface area contributed by atoms with Gasteiger partial charge in [-0.3, -0.25) is 14.2 Å². The predicted molar refractivity (Wildman–Crippen MR) is 71.6 cm³/mol. The van der Waals surface area contributed by atoms with Crippen molar-refractivity contribution in [3.63, 3.8) is 0 Å². The van der Waals surface area contributed by atoms with Crippen LogP contribution in [0.25, 0.3) is 0 Å². The van der Waals surface area contributed by atoms with Gasteiger partial charge in [-0.1, -0.05) is 6.07 Å². The number of amides is 1. The van der Waals surface area contributed by atoms with E-state index in [1.807, 2.05) is 0 Å². The molecule has 8 nitrogen and oxygen atoms in total. The van der Waals surface area contributed by atoms with Gasteiger partial charge >= 0.3 is 13.6 Å². The van der Waals surface area contributed by atoms with Gasteiger partial charge in [-0.15, -0.1) is 0 Å². The summed E-state index contributed by atoms with van der Waals surface area (Å²) in [5, 5.41) is 10.8. The SMILES string of the molecule is N[C@@H](CCC(=O)Nc1cccc(P(=O)(O)O)c1)C(=O)O. The van der Waals surface area contributed by atoms with Crippen molar-refractivity contribution in [3.05, 3.63) is 24.3 Å². The largest absolute Gasteiger partial charge is 0.480 e. The fraction of sp³-hybridized carbons (Fsp3) is 0.273. The quantitative estimate of drug-likeness (QED) is 0.449. The second kappa shape index (κ2) is 6.62. The van der Waals surface area contributed by atoms with Crippen LogP contribution >= 0.6 is 7.60 Å². The van der Waals surface area contributed by atoms with Crippen molar-refractivity contribution in [1.82, 2.24) is 0 Å². The van der Waals surface area contributed by atoms with E-state index in [0.717, 1.165) is 6.07 Å². The fourth-order valence-corrected chi connectivity index (χ4v) is 1.99. The van der Waals surface area contributed by atoms with Gasteiger partial charge in [0.2, 0.25) is 5.91 Å². The van der Waals surface area contributed by atoms with Crippen LogP contribution in [-0.2, 0) is 14.2 Å². The van der Waals surface area contributed by atoms with Gasteiger partial charge in [-0.2, -0.15) is 0 Å². The molecule has 1 aromatic carbocycles. The van der Waals surface area contributed by atoms with E-state index in [0.29, 0.717) is 0 Å². The van der Waals surface area contributed by atoms with Gasteiger partial charge in [-0.25, -0.2) is 0 Å². The molecule has 20 heavy (non-hydrogen) atoms. The van der Waals surface area contributed by atoms with Gasteiger partial charge in [0.05, 0.1) is 5.30 Å². The number of carboxylic acids is 1. The number of carbonyl (C=O) groups excluding carboxylic acids is 1. The Morgan fingerprint density at radius 1 is 1.35 bits per heavy atom. The van der Waals surface area contributed by atoms with Crippen LogP contribution in [0.15, 0.2) is 24.3 Å². The maximum atomic E-state index is 11.5. The normalized spacial score (nSPS) is 12.8. The zero-order valence-corrected chi connectivity index (χ0v) is 11.3. The molecule has 0 heterocycles. The van der Waals surface area contributed by atoms with E-state index >= 15 is 0 Å². The molecule has 1 amide bonds. The van der Waals surface area contributed by atoms with Crippen LogP contribution in [0.4, 0.5) is 5.69 Å². The molecule has 0 saturated carbocycles. The topological polar surface area (TPSA) is 150 Å². The number of rotatable bonds is 6. The number of benzene rings is 1. The fourth-order valence-electron chi connectivity index (χ4n) is 1.40. The molecular weight excluding hydrogens is 287 g/mol. The van der Waals surface area contributed by atoms with E-state index in [2.05, 4.69) is 5.32 Å². The molecule has 0 aliphatic rings. The molecule has 0 aliphatic heterocycles. The number of anilines is 1. The van der Waals surface area contributed by atoms with E-state index in [1.54, 1.807) is 0 Å². The molecule has 1 rings (SSSR count). The molecule has 1 atom stereocenters. The highest BCUT2D eigenvalue weighted by Gasteiger charge is 2.18. The average molecular weight is 302 g/mol. The van der Waals surface area contributed by atoms with Crippen molar-refractivity contribution < 1.29 is 29.0 Å². The lowest BCUT2D eigenvalue weighted by molar-refractivity contribution is -0.138. The summed E-state index contributed by atoms with van der Waals surface area (Å²) in [5.41, 5.74) is 5.48. The molecule has 0 radical (unpaired) electrons. The van der Waals surface area contributed by atoms with Crippen molar-refractivity contribution in [2.45, 2.75) is 18.9 Å². The van der Waals surface area contributed by atoms with Crippen molar-refractivity contribution in [2.24, 2.45) is 5.73 Å². The molecule has 0 spiro atoms. The van der Waals surface area contributed by atoms with Crippen molar-refractivity contribution in [3.8, 4) is 0 Å². The van der Waals surface area contributed by atoms with Crippen LogP contribution in [0.1, 0.15) is 12.8 Å². The minimum absolute atomic E-state index is 0.0284. The summed E-state index contributed by atoms with van der Waals surface area (Å²) in [5.74, 6) is -1.68. The van der Waals surface area contributed by atoms with Gasteiger partial charge in [0, 0.05) is 12.1 Å². The number of carboxylic acid groups (broad SMARTS) is 1. The minimum atomic E-state index is -4.38. The Balaban J connectivity index is 2.63. The number of aliphatic carboxylic acids is 1. The smallest absolute Gasteiger partial charge is 0.356 e. The maximum absolute atomic E-state index is 11.5. The zero-order chi connectivity index (χ0) is 15.3. The Bertz CT molecular complexity index is 556. The van der Waals surface area contributed by atoms with Crippen molar-refractivity contribution >= 4 is 30.5 Å². The van der Waals surface area contributed by atoms with Crippen LogP contribution in [0.5, 0.6) is 0 Å². The Morgan fingerprint density at radius 3 is 2.55 bits per heavy atom. The molecule has 6 N–H and O–H groups in total. The number of hydrogen-bond acceptors (Lipinski definition) is 4. The first-order chi connectivity index (χ1) is 9.20. The highest BCUT2D eigenvalue weighted by atomic mass is 31.2. The van der Waals surface area contributed by atoms with Gasteiger partial charge < -0.3 is 25.9 Å². The van der Waals surface area contributed by atoms with Crippen LogP contribution in [-0.4, -0.2) is 32.8 Å². The molecule has 9 heteroatoms. The third-order valence-electron chi connectivity index (χ3n) is 2.47. The van der Waals surface area contributed by atoms with Crippen LogP contribution in [0.2, 0.25) is 0 Å². The molecule has 110 valence electrons. The highest BCUT2D eigenvalue weighted by molar-refractivity contribution is 7.60. The molecule has 0 fully saturated rings. The third-order valence-corrected chi connectivity index (χ3v) is 3.42. The van der Waals surface area contributed by atoms with Crippen LogP contribution in [0, 0.1) is 0 Å². The summed E-state index contributed by atoms with van der Waals surface area (Å²) in [7, 11) is -4.38. The molecule has 0 saturated heterocycles. The van der Waals surface area contributed by atoms with Crippen LogP contribution in [0.3, 0.4) is 0 Å². The lowest BCUT2D eigenvalue weighted by Gasteiger charge is -2.09. The Labute approximate surface area is 114 Å². The van der Waals surface area contributed by atoms with Crippen molar-refractivity contribution in [2.75, 3.05) is 5.32 Å². The van der Waals surface area contributed by atoms with Gasteiger partial charge in [-0.05, 0) is 24.6 Å². The Hall–Kier alpha value is -1.73. The zero-order valence-electron chi connectivity index (χ0n) is 10.4.